The van der Waals surface area contributed by atoms with Crippen molar-refractivity contribution in [2.24, 2.45) is 0 Å². The molecule has 0 aliphatic carbocycles. The molecule has 0 amide bonds. The van der Waals surface area contributed by atoms with Crippen LogP contribution >= 0.6 is 0 Å². The maximum atomic E-state index is 10.7. The normalized spacial score (nSPS) is 8.50. The minimum Gasteiger partial charge on any atom is -0.465 e. The molecule has 0 bridgehead atoms. The number of esters is 1. The van der Waals surface area contributed by atoms with Gasteiger partial charge in [-0.3, -0.25) is 9.59 Å². The quantitative estimate of drug-likeness (QED) is 0.295. The summed E-state index contributed by atoms with van der Waals surface area (Å²) >= 11 is 0. The Kier molecular flexibility index (Phi) is 10.7. The minimum absolute atomic E-state index is 0. The largest absolute Gasteiger partial charge is 0.465 e. The molecule has 0 aromatic rings. The molecule has 0 aliphatic rings. The molecule has 0 aromatic carbocycles. The Morgan fingerprint density at radius 3 is 2.33 bits per heavy atom. The molecule has 4 heteroatoms. The Balaban J connectivity index is 0. The van der Waals surface area contributed by atoms with E-state index < -0.39 is 5.97 Å². The predicted molar refractivity (Wildman–Crippen MR) is 41.2 cm³/mol. The first-order valence-electron chi connectivity index (χ1n) is 3.82. The monoisotopic (exact) mass is 206 g/mol. The molecule has 0 saturated carbocycles. The molecule has 0 fully saturated rings. The number of carbonyl (C=O) groups excluding carboxylic acids is 2. The number of Topliss-reactive ketones (excluding diaryl/α,β-unsaturated/α-hetero) is 1. The fraction of sp³-hybridized carbons (Fsp3) is 0.750. The fourth-order valence-corrected chi connectivity index (χ4v) is 0.585. The van der Waals surface area contributed by atoms with Crippen LogP contribution in [-0.2, 0) is 36.0 Å². The molecule has 0 spiro atoms. The standard InChI is InChI=1S/C8H14O3.Ti/c1-3-4-5-11-8(10)6-7(2)9;/h3-6H2,1-2H3;. The smallest absolute Gasteiger partial charge is 0.313 e. The van der Waals surface area contributed by atoms with Crippen molar-refractivity contribution in [3.8, 4) is 0 Å². The van der Waals surface area contributed by atoms with Crippen molar-refractivity contribution in [1.82, 2.24) is 0 Å². The maximum absolute atomic E-state index is 10.7. The molecule has 0 aromatic heterocycles. The van der Waals surface area contributed by atoms with Crippen molar-refractivity contribution < 1.29 is 36.0 Å². The van der Waals surface area contributed by atoms with E-state index in [0.29, 0.717) is 6.61 Å². The SMILES string of the molecule is CCCCOC(=O)CC(C)=O.[Ti]. The van der Waals surface area contributed by atoms with E-state index in [-0.39, 0.29) is 33.9 Å². The average molecular weight is 206 g/mol. The molecule has 0 saturated heterocycles. The first kappa shape index (κ1) is 14.4. The fourth-order valence-electron chi connectivity index (χ4n) is 0.585. The molecule has 0 radical (unpaired) electrons. The number of carbonyl (C=O) groups is 2. The van der Waals surface area contributed by atoms with Crippen LogP contribution in [-0.4, -0.2) is 18.4 Å². The van der Waals surface area contributed by atoms with E-state index >= 15 is 0 Å². The molecule has 68 valence electrons. The van der Waals surface area contributed by atoms with Gasteiger partial charge in [0.25, 0.3) is 0 Å². The Hall–Kier alpha value is -0.146. The summed E-state index contributed by atoms with van der Waals surface area (Å²) in [6.45, 7) is 3.82. The summed E-state index contributed by atoms with van der Waals surface area (Å²) in [7, 11) is 0. The van der Waals surface area contributed by atoms with Crippen LogP contribution < -0.4 is 0 Å². The second-order valence-corrected chi connectivity index (χ2v) is 2.45. The van der Waals surface area contributed by atoms with Crippen LogP contribution in [0.1, 0.15) is 33.1 Å². The number of hydrogen-bond donors (Lipinski definition) is 0. The van der Waals surface area contributed by atoms with Crippen LogP contribution in [0.15, 0.2) is 0 Å². The number of rotatable bonds is 5. The predicted octanol–water partition coefficient (Wildman–Crippen LogP) is 1.31. The van der Waals surface area contributed by atoms with Gasteiger partial charge in [0.05, 0.1) is 6.61 Å². The Labute approximate surface area is 87.7 Å². The Morgan fingerprint density at radius 1 is 1.33 bits per heavy atom. The number of hydrogen-bond acceptors (Lipinski definition) is 3. The summed E-state index contributed by atoms with van der Waals surface area (Å²) in [5.41, 5.74) is 0. The van der Waals surface area contributed by atoms with Crippen molar-refractivity contribution in [2.45, 2.75) is 33.1 Å². The number of ether oxygens (including phenoxy) is 1. The molecule has 3 nitrogen and oxygen atoms in total. The van der Waals surface area contributed by atoms with Gasteiger partial charge < -0.3 is 4.74 Å². The van der Waals surface area contributed by atoms with Crippen LogP contribution in [0.4, 0.5) is 0 Å². The third kappa shape index (κ3) is 9.85. The molecule has 0 aliphatic heterocycles. The maximum Gasteiger partial charge on any atom is 0.313 e. The van der Waals surface area contributed by atoms with Crippen LogP contribution in [0, 0.1) is 0 Å². The molecular formula is C8H14O3Ti. The van der Waals surface area contributed by atoms with Crippen molar-refractivity contribution >= 4 is 11.8 Å². The molecule has 0 heterocycles. The van der Waals surface area contributed by atoms with E-state index in [1.54, 1.807) is 0 Å². The summed E-state index contributed by atoms with van der Waals surface area (Å²) in [5, 5.41) is 0. The van der Waals surface area contributed by atoms with E-state index in [1.165, 1.54) is 6.92 Å². The summed E-state index contributed by atoms with van der Waals surface area (Å²) < 4.78 is 4.73. The summed E-state index contributed by atoms with van der Waals surface area (Å²) in [6.07, 6.45) is 1.76. The molecule has 0 unspecified atom stereocenters. The van der Waals surface area contributed by atoms with Crippen LogP contribution in [0.2, 0.25) is 0 Å². The van der Waals surface area contributed by atoms with Gasteiger partial charge in [0.1, 0.15) is 12.2 Å². The summed E-state index contributed by atoms with van der Waals surface area (Å²) in [4.78, 5) is 21.1. The van der Waals surface area contributed by atoms with E-state index in [1.807, 2.05) is 6.92 Å². The first-order chi connectivity index (χ1) is 5.16. The zero-order chi connectivity index (χ0) is 8.69. The van der Waals surface area contributed by atoms with Crippen molar-refractivity contribution in [3.05, 3.63) is 0 Å². The van der Waals surface area contributed by atoms with Gasteiger partial charge in [0, 0.05) is 21.7 Å². The van der Waals surface area contributed by atoms with Crippen LogP contribution in [0.3, 0.4) is 0 Å². The molecule has 12 heavy (non-hydrogen) atoms. The van der Waals surface area contributed by atoms with Crippen LogP contribution in [0.25, 0.3) is 0 Å². The number of ketones is 1. The van der Waals surface area contributed by atoms with Crippen molar-refractivity contribution in [1.29, 1.82) is 0 Å². The van der Waals surface area contributed by atoms with Gasteiger partial charge in [0.15, 0.2) is 0 Å². The molecule has 0 atom stereocenters. The van der Waals surface area contributed by atoms with Gasteiger partial charge in [-0.1, -0.05) is 13.3 Å². The first-order valence-corrected chi connectivity index (χ1v) is 3.82. The van der Waals surface area contributed by atoms with E-state index in [9.17, 15) is 9.59 Å². The third-order valence-electron chi connectivity index (χ3n) is 1.15. The topological polar surface area (TPSA) is 43.4 Å². The summed E-state index contributed by atoms with van der Waals surface area (Å²) in [6, 6.07) is 0. The molecule has 0 rings (SSSR count). The second kappa shape index (κ2) is 8.95. The average Bonchev–Trinajstić information content (AvgIpc) is 1.86. The van der Waals surface area contributed by atoms with Gasteiger partial charge in [-0.15, -0.1) is 0 Å². The van der Waals surface area contributed by atoms with Gasteiger partial charge in [-0.05, 0) is 13.3 Å². The third-order valence-corrected chi connectivity index (χ3v) is 1.15. The number of unbranched alkanes of at least 4 members (excludes halogenated alkanes) is 1. The second-order valence-electron chi connectivity index (χ2n) is 2.45. The van der Waals surface area contributed by atoms with Gasteiger partial charge in [0.2, 0.25) is 0 Å². The van der Waals surface area contributed by atoms with Crippen molar-refractivity contribution in [3.63, 3.8) is 0 Å². The summed E-state index contributed by atoms with van der Waals surface area (Å²) in [5.74, 6) is -0.558. The van der Waals surface area contributed by atoms with E-state index in [4.69, 9.17) is 4.74 Å². The Bertz CT molecular complexity index is 145. The van der Waals surface area contributed by atoms with Crippen molar-refractivity contribution in [2.75, 3.05) is 6.61 Å². The van der Waals surface area contributed by atoms with E-state index in [2.05, 4.69) is 0 Å². The van der Waals surface area contributed by atoms with Gasteiger partial charge in [-0.2, -0.15) is 0 Å². The van der Waals surface area contributed by atoms with Gasteiger partial charge >= 0.3 is 5.97 Å². The molecule has 0 N–H and O–H groups in total. The van der Waals surface area contributed by atoms with E-state index in [0.717, 1.165) is 12.8 Å². The zero-order valence-corrected chi connectivity index (χ0v) is 9.11. The van der Waals surface area contributed by atoms with Crippen LogP contribution in [0.5, 0.6) is 0 Å². The minimum atomic E-state index is -0.411. The van der Waals surface area contributed by atoms with Gasteiger partial charge in [-0.25, -0.2) is 0 Å². The zero-order valence-electron chi connectivity index (χ0n) is 7.55. The molecular weight excluding hydrogens is 192 g/mol. The Morgan fingerprint density at radius 2 is 1.92 bits per heavy atom.